The maximum atomic E-state index is 6.15. The predicted molar refractivity (Wildman–Crippen MR) is 95.9 cm³/mol. The van der Waals surface area contributed by atoms with E-state index in [2.05, 4.69) is 20.5 Å². The Hall–Kier alpha value is -1.62. The molecule has 1 aliphatic heterocycles. The van der Waals surface area contributed by atoms with Crippen molar-refractivity contribution in [1.29, 1.82) is 0 Å². The number of methoxy groups -OCH3 is 1. The minimum absolute atomic E-state index is 0.380. The minimum Gasteiger partial charge on any atom is -0.495 e. The van der Waals surface area contributed by atoms with E-state index in [9.17, 15) is 0 Å². The van der Waals surface area contributed by atoms with Crippen molar-refractivity contribution in [2.45, 2.75) is 37.8 Å². The first-order valence-electron chi connectivity index (χ1n) is 8.28. The number of aliphatic imine (C=N–C) groups is 1. The summed E-state index contributed by atoms with van der Waals surface area (Å²) in [5.74, 6) is 1.78. The van der Waals surface area contributed by atoms with Crippen molar-refractivity contribution in [3.05, 3.63) is 23.2 Å². The average molecular weight is 337 g/mol. The predicted octanol–water partition coefficient (Wildman–Crippen LogP) is 2.64. The van der Waals surface area contributed by atoms with E-state index in [0.717, 1.165) is 41.9 Å². The van der Waals surface area contributed by atoms with Crippen LogP contribution in [0, 0.1) is 0 Å². The summed E-state index contributed by atoms with van der Waals surface area (Å²) in [6, 6.07) is 6.73. The summed E-state index contributed by atoms with van der Waals surface area (Å²) in [7, 11) is 3.53. The van der Waals surface area contributed by atoms with E-state index in [1.165, 1.54) is 19.3 Å². The van der Waals surface area contributed by atoms with Crippen molar-refractivity contribution < 1.29 is 4.74 Å². The van der Waals surface area contributed by atoms with Gasteiger partial charge in [-0.05, 0) is 43.9 Å². The van der Waals surface area contributed by atoms with Crippen molar-refractivity contribution in [2.75, 3.05) is 32.1 Å². The molecule has 1 aromatic carbocycles. The molecule has 1 aromatic rings. The number of anilines is 1. The van der Waals surface area contributed by atoms with Crippen molar-refractivity contribution in [3.8, 4) is 5.75 Å². The molecule has 2 fully saturated rings. The van der Waals surface area contributed by atoms with Gasteiger partial charge in [0.25, 0.3) is 0 Å². The van der Waals surface area contributed by atoms with Crippen LogP contribution in [0.15, 0.2) is 23.2 Å². The lowest BCUT2D eigenvalue weighted by Crippen LogP contribution is -2.50. The van der Waals surface area contributed by atoms with Crippen LogP contribution in [0.1, 0.15) is 25.7 Å². The minimum atomic E-state index is 0.380. The lowest BCUT2D eigenvalue weighted by Gasteiger charge is -2.29. The summed E-state index contributed by atoms with van der Waals surface area (Å²) >= 11 is 6.15. The maximum Gasteiger partial charge on any atom is 0.191 e. The van der Waals surface area contributed by atoms with Crippen LogP contribution in [0.2, 0.25) is 5.02 Å². The number of guanidine groups is 1. The molecular formula is C17H25ClN4O. The van der Waals surface area contributed by atoms with Crippen LogP contribution in [-0.4, -0.2) is 45.3 Å². The third-order valence-corrected chi connectivity index (χ3v) is 4.92. The van der Waals surface area contributed by atoms with Gasteiger partial charge < -0.3 is 20.3 Å². The molecule has 0 amide bonds. The number of nitrogens with zero attached hydrogens (tertiary/aromatic N) is 2. The van der Waals surface area contributed by atoms with Gasteiger partial charge >= 0.3 is 0 Å². The van der Waals surface area contributed by atoms with Gasteiger partial charge in [-0.25, -0.2) is 0 Å². The first kappa shape index (κ1) is 16.2. The molecule has 1 heterocycles. The standard InChI is InChI=1S/C17H25ClN4O/c1-19-17(20-13-4-3-5-13)21-14-8-9-22(11-14)15-10-12(18)6-7-16(15)23-2/h6-7,10,13-14H,3-5,8-9,11H2,1-2H3,(H2,19,20,21). The van der Waals surface area contributed by atoms with Gasteiger partial charge in [0.15, 0.2) is 5.96 Å². The quantitative estimate of drug-likeness (QED) is 0.655. The first-order valence-corrected chi connectivity index (χ1v) is 8.65. The van der Waals surface area contributed by atoms with Gasteiger partial charge in [0, 0.05) is 37.2 Å². The van der Waals surface area contributed by atoms with Crippen molar-refractivity contribution in [1.82, 2.24) is 10.6 Å². The Morgan fingerprint density at radius 1 is 1.26 bits per heavy atom. The topological polar surface area (TPSA) is 48.9 Å². The molecule has 2 N–H and O–H groups in total. The summed E-state index contributed by atoms with van der Waals surface area (Å²) in [6.45, 7) is 1.90. The fourth-order valence-electron chi connectivity index (χ4n) is 3.12. The molecule has 6 heteroatoms. The zero-order chi connectivity index (χ0) is 16.2. The van der Waals surface area contributed by atoms with Crippen LogP contribution < -0.4 is 20.3 Å². The lowest BCUT2D eigenvalue weighted by atomic mass is 9.93. The third-order valence-electron chi connectivity index (χ3n) is 4.68. The number of rotatable bonds is 4. The van der Waals surface area contributed by atoms with E-state index in [1.807, 2.05) is 25.2 Å². The molecule has 1 saturated heterocycles. The molecule has 3 rings (SSSR count). The number of nitrogens with one attached hydrogen (secondary N) is 2. The van der Waals surface area contributed by atoms with Crippen LogP contribution in [0.25, 0.3) is 0 Å². The summed E-state index contributed by atoms with van der Waals surface area (Å²) in [6.07, 6.45) is 4.88. The molecule has 0 aromatic heterocycles. The highest BCUT2D eigenvalue weighted by Gasteiger charge is 2.26. The van der Waals surface area contributed by atoms with Gasteiger partial charge in [-0.2, -0.15) is 0 Å². The summed E-state index contributed by atoms with van der Waals surface area (Å²) in [4.78, 5) is 6.67. The second-order valence-electron chi connectivity index (χ2n) is 6.24. The highest BCUT2D eigenvalue weighted by molar-refractivity contribution is 6.30. The SMILES string of the molecule is CN=C(NC1CCC1)NC1CCN(c2cc(Cl)ccc2OC)C1. The van der Waals surface area contributed by atoms with E-state index in [0.29, 0.717) is 12.1 Å². The van der Waals surface area contributed by atoms with Crippen LogP contribution in [0.3, 0.4) is 0 Å². The number of ether oxygens (including phenoxy) is 1. The lowest BCUT2D eigenvalue weighted by molar-refractivity contribution is 0.378. The molecule has 1 saturated carbocycles. The first-order chi connectivity index (χ1) is 11.2. The van der Waals surface area contributed by atoms with E-state index >= 15 is 0 Å². The van der Waals surface area contributed by atoms with Gasteiger partial charge in [0.2, 0.25) is 0 Å². The van der Waals surface area contributed by atoms with Gasteiger partial charge in [-0.15, -0.1) is 0 Å². The highest BCUT2D eigenvalue weighted by atomic mass is 35.5. The van der Waals surface area contributed by atoms with Gasteiger partial charge in [-0.1, -0.05) is 11.6 Å². The second-order valence-corrected chi connectivity index (χ2v) is 6.67. The van der Waals surface area contributed by atoms with E-state index in [-0.39, 0.29) is 0 Å². The fourth-order valence-corrected chi connectivity index (χ4v) is 3.28. The summed E-state index contributed by atoms with van der Waals surface area (Å²) in [5.41, 5.74) is 1.06. The average Bonchev–Trinajstić information content (AvgIpc) is 2.98. The van der Waals surface area contributed by atoms with Crippen molar-refractivity contribution in [3.63, 3.8) is 0 Å². The molecular weight excluding hydrogens is 312 g/mol. The normalized spacial score (nSPS) is 22.0. The Morgan fingerprint density at radius 2 is 2.04 bits per heavy atom. The third kappa shape index (κ3) is 3.83. The molecule has 0 radical (unpaired) electrons. The fraction of sp³-hybridized carbons (Fsp3) is 0.588. The number of halogens is 1. The molecule has 2 aliphatic rings. The molecule has 1 unspecified atom stereocenters. The molecule has 23 heavy (non-hydrogen) atoms. The molecule has 1 atom stereocenters. The Balaban J connectivity index is 1.60. The van der Waals surface area contributed by atoms with Gasteiger partial charge in [0.05, 0.1) is 12.8 Å². The monoisotopic (exact) mass is 336 g/mol. The Kier molecular flexibility index (Phi) is 5.16. The Labute approximate surface area is 143 Å². The molecule has 0 bridgehead atoms. The van der Waals surface area contributed by atoms with Gasteiger partial charge in [0.1, 0.15) is 5.75 Å². The van der Waals surface area contributed by atoms with Crippen LogP contribution in [0.4, 0.5) is 5.69 Å². The number of hydrogen-bond donors (Lipinski definition) is 2. The van der Waals surface area contributed by atoms with E-state index in [4.69, 9.17) is 16.3 Å². The Morgan fingerprint density at radius 3 is 2.70 bits per heavy atom. The number of hydrogen-bond acceptors (Lipinski definition) is 3. The zero-order valence-corrected chi connectivity index (χ0v) is 14.6. The molecule has 1 aliphatic carbocycles. The molecule has 5 nitrogen and oxygen atoms in total. The van der Waals surface area contributed by atoms with E-state index in [1.54, 1.807) is 7.11 Å². The Bertz CT molecular complexity index is 574. The molecule has 0 spiro atoms. The van der Waals surface area contributed by atoms with Crippen molar-refractivity contribution in [2.24, 2.45) is 4.99 Å². The zero-order valence-electron chi connectivity index (χ0n) is 13.8. The smallest absolute Gasteiger partial charge is 0.191 e. The highest BCUT2D eigenvalue weighted by Crippen LogP contribution is 2.33. The second kappa shape index (κ2) is 7.30. The number of benzene rings is 1. The maximum absolute atomic E-state index is 6.15. The van der Waals surface area contributed by atoms with E-state index < -0.39 is 0 Å². The summed E-state index contributed by atoms with van der Waals surface area (Å²) in [5, 5.41) is 7.77. The van der Waals surface area contributed by atoms with Crippen LogP contribution in [-0.2, 0) is 0 Å². The van der Waals surface area contributed by atoms with Crippen molar-refractivity contribution >= 4 is 23.2 Å². The largest absolute Gasteiger partial charge is 0.495 e. The molecule has 126 valence electrons. The van der Waals surface area contributed by atoms with Gasteiger partial charge in [-0.3, -0.25) is 4.99 Å². The summed E-state index contributed by atoms with van der Waals surface area (Å²) < 4.78 is 5.47. The van der Waals surface area contributed by atoms with Crippen LogP contribution in [0.5, 0.6) is 5.75 Å². The van der Waals surface area contributed by atoms with Crippen LogP contribution >= 0.6 is 11.6 Å².